The number of phenols is 1. The molecule has 1 heterocycles. The molecule has 0 saturated carbocycles. The molecule has 2 aliphatic carbocycles. The lowest BCUT2D eigenvalue weighted by molar-refractivity contribution is -0.121. The predicted molar refractivity (Wildman–Crippen MR) is 154 cm³/mol. The molecule has 6 rings (SSSR count). The van der Waals surface area contributed by atoms with Gasteiger partial charge in [0.15, 0.2) is 0 Å². The molecule has 0 saturated heterocycles. The molecule has 3 atom stereocenters. The number of amides is 1. The van der Waals surface area contributed by atoms with Crippen molar-refractivity contribution in [3.63, 3.8) is 0 Å². The monoisotopic (exact) mass is 535 g/mol. The van der Waals surface area contributed by atoms with Crippen LogP contribution >= 0.6 is 0 Å². The van der Waals surface area contributed by atoms with Gasteiger partial charge in [-0.25, -0.2) is 9.07 Å². The molecule has 0 aliphatic heterocycles. The molecule has 2 N–H and O–H groups in total. The lowest BCUT2D eigenvalue weighted by Gasteiger charge is -2.30. The number of nitrogens with one attached hydrogen (secondary N) is 1. The Morgan fingerprint density at radius 3 is 2.67 bits per heavy atom. The Morgan fingerprint density at radius 2 is 1.90 bits per heavy atom. The van der Waals surface area contributed by atoms with E-state index in [4.69, 9.17) is 5.10 Å². The zero-order chi connectivity index (χ0) is 27.6. The second-order valence-corrected chi connectivity index (χ2v) is 11.1. The van der Waals surface area contributed by atoms with E-state index < -0.39 is 0 Å². The molecule has 2 aliphatic rings. The molecule has 5 nitrogen and oxygen atoms in total. The second-order valence-electron chi connectivity index (χ2n) is 11.1. The lowest BCUT2D eigenvalue weighted by Crippen LogP contribution is -2.30. The topological polar surface area (TPSA) is 67.2 Å². The number of hydrogen-bond acceptors (Lipinski definition) is 3. The van der Waals surface area contributed by atoms with Crippen LogP contribution in [-0.4, -0.2) is 20.8 Å². The summed E-state index contributed by atoms with van der Waals surface area (Å²) >= 11 is 0. The largest absolute Gasteiger partial charge is 0.508 e. The average Bonchev–Trinajstić information content (AvgIpc) is 3.57. The number of rotatable bonds is 8. The molecule has 0 bridgehead atoms. The van der Waals surface area contributed by atoms with Gasteiger partial charge < -0.3 is 10.4 Å². The molecular weight excluding hydrogens is 501 g/mol. The number of hydrogen-bond donors (Lipinski definition) is 2. The van der Waals surface area contributed by atoms with Crippen LogP contribution in [0, 0.1) is 11.7 Å². The van der Waals surface area contributed by atoms with Gasteiger partial charge in [-0.3, -0.25) is 4.79 Å². The van der Waals surface area contributed by atoms with E-state index in [-0.39, 0.29) is 29.4 Å². The maximum atomic E-state index is 13.5. The molecule has 0 fully saturated rings. The number of fused-ring (bicyclic) bond motifs is 1. The first-order chi connectivity index (χ1) is 19.5. The summed E-state index contributed by atoms with van der Waals surface area (Å²) in [4.78, 5) is 13.1. The van der Waals surface area contributed by atoms with Gasteiger partial charge in [-0.05, 0) is 79.1 Å². The minimum atomic E-state index is -0.249. The van der Waals surface area contributed by atoms with Gasteiger partial charge in [-0.15, -0.1) is 0 Å². The van der Waals surface area contributed by atoms with Crippen LogP contribution in [0.25, 0.3) is 5.69 Å². The van der Waals surface area contributed by atoms with E-state index >= 15 is 0 Å². The molecule has 1 unspecified atom stereocenters. The van der Waals surface area contributed by atoms with E-state index in [1.54, 1.807) is 30.3 Å². The molecular formula is C34H34FN3O2. The molecule has 0 spiro atoms. The number of carbonyl (C=O) groups excluding carboxylic acids is 1. The summed E-state index contributed by atoms with van der Waals surface area (Å²) in [5.74, 6) is 0.616. The third-order valence-corrected chi connectivity index (χ3v) is 8.54. The molecule has 40 heavy (non-hydrogen) atoms. The summed E-state index contributed by atoms with van der Waals surface area (Å²) in [5.41, 5.74) is 8.36. The van der Waals surface area contributed by atoms with Gasteiger partial charge in [0.05, 0.1) is 23.6 Å². The van der Waals surface area contributed by atoms with Gasteiger partial charge in [-0.1, -0.05) is 60.5 Å². The number of nitrogens with zero attached hydrogens (tertiary/aromatic N) is 2. The van der Waals surface area contributed by atoms with E-state index in [0.717, 1.165) is 42.5 Å². The number of allylic oxidation sites excluding steroid dienone is 2. The number of carbonyl (C=O) groups is 1. The standard InChI is InChI=1S/C34H34FN3O2/c1-22-30-21-36-38(28-15-13-27(35)14-16-28)32(30)20-26-12-11-25(34(22)26)19-31(24-7-3-2-4-8-24)37-33(40)17-10-23-6-5-9-29(39)18-23/h2-9,13-16,18,21-22,25,31,39H,10-12,17,19-20H2,1H3,(H,37,40)/t22-,25+,31?/m0/s1. The van der Waals surface area contributed by atoms with Gasteiger partial charge in [-0.2, -0.15) is 5.10 Å². The number of halogens is 1. The summed E-state index contributed by atoms with van der Waals surface area (Å²) in [7, 11) is 0. The van der Waals surface area contributed by atoms with Gasteiger partial charge >= 0.3 is 0 Å². The fourth-order valence-corrected chi connectivity index (χ4v) is 6.62. The second kappa shape index (κ2) is 11.1. The highest BCUT2D eigenvalue weighted by molar-refractivity contribution is 5.76. The van der Waals surface area contributed by atoms with Gasteiger partial charge in [0.2, 0.25) is 5.91 Å². The highest BCUT2D eigenvalue weighted by atomic mass is 19.1. The van der Waals surface area contributed by atoms with E-state index in [1.807, 2.05) is 35.1 Å². The van der Waals surface area contributed by atoms with Crippen LogP contribution in [0.1, 0.15) is 67.0 Å². The van der Waals surface area contributed by atoms with Crippen molar-refractivity contribution in [1.82, 2.24) is 15.1 Å². The maximum absolute atomic E-state index is 13.5. The third kappa shape index (κ3) is 5.31. The van der Waals surface area contributed by atoms with Gasteiger partial charge in [0.1, 0.15) is 11.6 Å². The van der Waals surface area contributed by atoms with Crippen LogP contribution in [0.15, 0.2) is 96.2 Å². The van der Waals surface area contributed by atoms with Crippen molar-refractivity contribution in [3.8, 4) is 11.4 Å². The maximum Gasteiger partial charge on any atom is 0.220 e. The van der Waals surface area contributed by atoms with Gasteiger partial charge in [0.25, 0.3) is 0 Å². The van der Waals surface area contributed by atoms with Crippen molar-refractivity contribution in [2.45, 2.75) is 57.4 Å². The van der Waals surface area contributed by atoms with E-state index in [9.17, 15) is 14.3 Å². The van der Waals surface area contributed by atoms with Crippen molar-refractivity contribution in [2.24, 2.45) is 5.92 Å². The smallest absolute Gasteiger partial charge is 0.220 e. The zero-order valence-electron chi connectivity index (χ0n) is 22.7. The first-order valence-electron chi connectivity index (χ1n) is 14.1. The predicted octanol–water partition coefficient (Wildman–Crippen LogP) is 6.96. The number of benzene rings is 3. The van der Waals surface area contributed by atoms with E-state index in [0.29, 0.717) is 18.8 Å². The van der Waals surface area contributed by atoms with Crippen molar-refractivity contribution >= 4 is 5.91 Å². The van der Waals surface area contributed by atoms with Crippen molar-refractivity contribution in [1.29, 1.82) is 0 Å². The summed E-state index contributed by atoms with van der Waals surface area (Å²) < 4.78 is 15.5. The first-order valence-corrected chi connectivity index (χ1v) is 14.1. The van der Waals surface area contributed by atoms with Crippen molar-refractivity contribution < 1.29 is 14.3 Å². The normalized spacial score (nSPS) is 18.8. The molecule has 1 aromatic heterocycles. The Morgan fingerprint density at radius 1 is 1.10 bits per heavy atom. The third-order valence-electron chi connectivity index (χ3n) is 8.54. The quantitative estimate of drug-likeness (QED) is 0.240. The van der Waals surface area contributed by atoms with E-state index in [1.165, 1.54) is 34.5 Å². The number of phenolic OH excluding ortho intramolecular Hbond substituents is 1. The van der Waals surface area contributed by atoms with Crippen LogP contribution in [0.3, 0.4) is 0 Å². The van der Waals surface area contributed by atoms with Crippen LogP contribution in [0.2, 0.25) is 0 Å². The zero-order valence-corrected chi connectivity index (χ0v) is 22.7. The summed E-state index contributed by atoms with van der Waals surface area (Å²) in [6, 6.07) is 23.8. The van der Waals surface area contributed by atoms with Crippen LogP contribution in [0.4, 0.5) is 4.39 Å². The van der Waals surface area contributed by atoms with Crippen LogP contribution in [-0.2, 0) is 17.6 Å². The Labute approximate surface area is 234 Å². The van der Waals surface area contributed by atoms with Gasteiger partial charge in [0, 0.05) is 24.3 Å². The summed E-state index contributed by atoms with van der Waals surface area (Å²) in [6.45, 7) is 2.27. The van der Waals surface area contributed by atoms with E-state index in [2.05, 4.69) is 24.4 Å². The number of aromatic hydroxyl groups is 1. The molecule has 3 aromatic carbocycles. The Kier molecular flexibility index (Phi) is 7.25. The van der Waals surface area contributed by atoms with Crippen molar-refractivity contribution in [3.05, 3.63) is 124 Å². The minimum absolute atomic E-state index is 0.0175. The lowest BCUT2D eigenvalue weighted by atomic mass is 9.77. The first kappa shape index (κ1) is 26.1. The molecule has 1 amide bonds. The fourth-order valence-electron chi connectivity index (χ4n) is 6.62. The Balaban J connectivity index is 1.20. The summed E-state index contributed by atoms with van der Waals surface area (Å²) in [6.07, 6.45) is 6.76. The molecule has 6 heteroatoms. The highest BCUT2D eigenvalue weighted by Crippen LogP contribution is 2.49. The highest BCUT2D eigenvalue weighted by Gasteiger charge is 2.37. The van der Waals surface area contributed by atoms with Crippen LogP contribution < -0.4 is 5.32 Å². The van der Waals surface area contributed by atoms with Crippen LogP contribution in [0.5, 0.6) is 5.75 Å². The fraction of sp³-hybridized carbons (Fsp3) is 0.294. The number of aromatic nitrogens is 2. The Bertz CT molecular complexity index is 1540. The molecule has 204 valence electrons. The van der Waals surface area contributed by atoms with Crippen molar-refractivity contribution in [2.75, 3.05) is 0 Å². The summed E-state index contributed by atoms with van der Waals surface area (Å²) in [5, 5.41) is 17.8. The molecule has 4 aromatic rings. The average molecular weight is 536 g/mol. The SMILES string of the molecule is C[C@@H]1C2=C(CC[C@@H]2CC(NC(=O)CCc2cccc(O)c2)c2ccccc2)Cc2c1cnn2-c1ccc(F)cc1. The molecule has 0 radical (unpaired) electrons. The minimum Gasteiger partial charge on any atom is -0.508 e. The number of aryl methyl sites for hydroxylation is 1. The Hall–Kier alpha value is -4.19.